The Morgan fingerprint density at radius 1 is 1.11 bits per heavy atom. The van der Waals surface area contributed by atoms with Gasteiger partial charge in [-0.25, -0.2) is 9.97 Å². The maximum atomic E-state index is 4.52. The van der Waals surface area contributed by atoms with Crippen LogP contribution in [0.5, 0.6) is 0 Å². The van der Waals surface area contributed by atoms with E-state index in [0.717, 1.165) is 21.9 Å². The highest BCUT2D eigenvalue weighted by Crippen LogP contribution is 2.28. The highest BCUT2D eigenvalue weighted by molar-refractivity contribution is 9.10. The summed E-state index contributed by atoms with van der Waals surface area (Å²) in [6.45, 7) is 6.32. The first-order chi connectivity index (χ1) is 8.58. The lowest BCUT2D eigenvalue weighted by Crippen LogP contribution is -1.94. The summed E-state index contributed by atoms with van der Waals surface area (Å²) < 4.78 is 0.848. The molecule has 0 radical (unpaired) electrons. The smallest absolute Gasteiger partial charge is 0.130 e. The Labute approximate surface area is 120 Å². The summed E-state index contributed by atoms with van der Waals surface area (Å²) >= 11 is 5.10. The molecule has 0 N–H and O–H groups in total. The Hall–Kier alpha value is -0.870. The number of aromatic nitrogens is 2. The van der Waals surface area contributed by atoms with Crippen molar-refractivity contribution in [3.63, 3.8) is 0 Å². The van der Waals surface area contributed by atoms with Crippen LogP contribution in [0, 0.1) is 13.8 Å². The molecule has 94 valence electrons. The number of halogens is 1. The van der Waals surface area contributed by atoms with Crippen molar-refractivity contribution in [2.24, 2.45) is 0 Å². The summed E-state index contributed by atoms with van der Waals surface area (Å²) in [4.78, 5) is 10.1. The van der Waals surface area contributed by atoms with Crippen LogP contribution in [-0.2, 0) is 6.42 Å². The molecule has 0 bridgehead atoms. The molecule has 2 nitrogen and oxygen atoms in total. The van der Waals surface area contributed by atoms with Gasteiger partial charge >= 0.3 is 0 Å². The molecule has 1 aromatic carbocycles. The van der Waals surface area contributed by atoms with E-state index in [9.17, 15) is 0 Å². The summed E-state index contributed by atoms with van der Waals surface area (Å²) in [5.74, 6) is 0.871. The Balaban J connectivity index is 2.27. The van der Waals surface area contributed by atoms with Crippen LogP contribution < -0.4 is 0 Å². The molecule has 0 aliphatic carbocycles. The molecule has 0 spiro atoms. The van der Waals surface area contributed by atoms with Gasteiger partial charge in [0.05, 0.1) is 0 Å². The normalized spacial score (nSPS) is 10.7. The van der Waals surface area contributed by atoms with Crippen molar-refractivity contribution in [3.8, 4) is 0 Å². The molecule has 0 aliphatic rings. The van der Waals surface area contributed by atoms with Crippen molar-refractivity contribution in [1.29, 1.82) is 0 Å². The van der Waals surface area contributed by atoms with Gasteiger partial charge in [-0.1, -0.05) is 24.8 Å². The zero-order valence-corrected chi connectivity index (χ0v) is 13.1. The van der Waals surface area contributed by atoms with Crippen molar-refractivity contribution in [2.75, 3.05) is 0 Å². The topological polar surface area (TPSA) is 25.8 Å². The second kappa shape index (κ2) is 5.85. The number of aryl methyl sites for hydroxylation is 3. The van der Waals surface area contributed by atoms with Crippen molar-refractivity contribution >= 4 is 27.7 Å². The minimum atomic E-state index is 0.847. The van der Waals surface area contributed by atoms with Crippen LogP contribution in [0.25, 0.3) is 0 Å². The average molecular weight is 323 g/mol. The van der Waals surface area contributed by atoms with Crippen LogP contribution in [0.1, 0.15) is 23.9 Å². The largest absolute Gasteiger partial charge is 0.226 e. The van der Waals surface area contributed by atoms with Gasteiger partial charge in [-0.2, -0.15) is 0 Å². The van der Waals surface area contributed by atoms with Gasteiger partial charge in [0.2, 0.25) is 0 Å². The van der Waals surface area contributed by atoms with Gasteiger partial charge in [0, 0.05) is 17.4 Å². The lowest BCUT2D eigenvalue weighted by Gasteiger charge is -2.06. The Morgan fingerprint density at radius 3 is 2.56 bits per heavy atom. The van der Waals surface area contributed by atoms with Gasteiger partial charge in [0.25, 0.3) is 0 Å². The maximum Gasteiger partial charge on any atom is 0.130 e. The summed E-state index contributed by atoms with van der Waals surface area (Å²) in [5, 5.41) is 0.983. The summed E-state index contributed by atoms with van der Waals surface area (Å²) in [7, 11) is 0. The molecule has 2 aromatic rings. The molecule has 0 aliphatic heterocycles. The highest BCUT2D eigenvalue weighted by Gasteiger charge is 2.04. The number of rotatable bonds is 3. The van der Waals surface area contributed by atoms with Crippen LogP contribution in [0.2, 0.25) is 0 Å². The third kappa shape index (κ3) is 3.33. The molecule has 0 saturated heterocycles. The fraction of sp³-hybridized carbons (Fsp3) is 0.286. The van der Waals surface area contributed by atoms with Crippen molar-refractivity contribution < 1.29 is 0 Å². The average Bonchev–Trinajstić information content (AvgIpc) is 2.33. The number of nitrogens with zero attached hydrogens (tertiary/aromatic N) is 2. The van der Waals surface area contributed by atoms with E-state index < -0.39 is 0 Å². The molecule has 1 heterocycles. The van der Waals surface area contributed by atoms with E-state index in [2.05, 4.69) is 64.9 Å². The highest BCUT2D eigenvalue weighted by atomic mass is 79.9. The van der Waals surface area contributed by atoms with Crippen molar-refractivity contribution in [2.45, 2.75) is 37.1 Å². The number of benzene rings is 1. The van der Waals surface area contributed by atoms with Gasteiger partial charge in [0.15, 0.2) is 0 Å². The zero-order valence-electron chi connectivity index (χ0n) is 10.7. The summed E-state index contributed by atoms with van der Waals surface area (Å²) in [6.07, 6.45) is 0.847. The predicted molar refractivity (Wildman–Crippen MR) is 79.1 cm³/mol. The first kappa shape index (κ1) is 13.6. The summed E-state index contributed by atoms with van der Waals surface area (Å²) in [5.41, 5.74) is 2.63. The first-order valence-electron chi connectivity index (χ1n) is 5.87. The van der Waals surface area contributed by atoms with Crippen LogP contribution >= 0.6 is 27.7 Å². The van der Waals surface area contributed by atoms with Crippen molar-refractivity contribution in [1.82, 2.24) is 9.97 Å². The SMILES string of the molecule is CCc1nc(Br)cc(Sc2ccc(C)c(C)c2)n1. The first-order valence-corrected chi connectivity index (χ1v) is 7.48. The minimum absolute atomic E-state index is 0.847. The van der Waals surface area contributed by atoms with E-state index in [4.69, 9.17) is 0 Å². The van der Waals surface area contributed by atoms with Crippen LogP contribution in [0.4, 0.5) is 0 Å². The fourth-order valence-electron chi connectivity index (χ4n) is 1.55. The molecule has 0 fully saturated rings. The Bertz CT molecular complexity index is 570. The van der Waals surface area contributed by atoms with Crippen LogP contribution in [-0.4, -0.2) is 9.97 Å². The van der Waals surface area contributed by atoms with Gasteiger partial charge in [0.1, 0.15) is 15.5 Å². The van der Waals surface area contributed by atoms with Crippen LogP contribution in [0.3, 0.4) is 0 Å². The van der Waals surface area contributed by atoms with Crippen LogP contribution in [0.15, 0.2) is 38.8 Å². The lowest BCUT2D eigenvalue weighted by atomic mass is 10.1. The van der Waals surface area contributed by atoms with Gasteiger partial charge in [-0.15, -0.1) is 0 Å². The molecule has 0 atom stereocenters. The monoisotopic (exact) mass is 322 g/mol. The molecule has 2 rings (SSSR count). The molecule has 0 amide bonds. The molecular formula is C14H15BrN2S. The van der Waals surface area contributed by atoms with E-state index in [0.29, 0.717) is 0 Å². The molecule has 4 heteroatoms. The fourth-order valence-corrected chi connectivity index (χ4v) is 3.06. The lowest BCUT2D eigenvalue weighted by molar-refractivity contribution is 0.877. The van der Waals surface area contributed by atoms with Gasteiger partial charge in [-0.3, -0.25) is 0 Å². The van der Waals surface area contributed by atoms with E-state index in [1.165, 1.54) is 16.0 Å². The molecule has 0 saturated carbocycles. The second-order valence-electron chi connectivity index (χ2n) is 4.15. The number of hydrogen-bond acceptors (Lipinski definition) is 3. The van der Waals surface area contributed by atoms with Gasteiger partial charge in [-0.05, 0) is 53.0 Å². The Kier molecular flexibility index (Phi) is 4.40. The third-order valence-corrected chi connectivity index (χ3v) is 4.05. The minimum Gasteiger partial charge on any atom is -0.226 e. The van der Waals surface area contributed by atoms with Crippen molar-refractivity contribution in [3.05, 3.63) is 45.8 Å². The Morgan fingerprint density at radius 2 is 1.89 bits per heavy atom. The van der Waals surface area contributed by atoms with E-state index in [1.807, 2.05) is 6.07 Å². The molecule has 18 heavy (non-hydrogen) atoms. The predicted octanol–water partition coefficient (Wildman–Crippen LogP) is 4.57. The van der Waals surface area contributed by atoms with E-state index in [-0.39, 0.29) is 0 Å². The van der Waals surface area contributed by atoms with E-state index >= 15 is 0 Å². The molecule has 0 unspecified atom stereocenters. The standard InChI is InChI=1S/C14H15BrN2S/c1-4-13-16-12(15)8-14(17-13)18-11-6-5-9(2)10(3)7-11/h5-8H,4H2,1-3H3. The second-order valence-corrected chi connectivity index (χ2v) is 6.05. The molecular weight excluding hydrogens is 308 g/mol. The molecule has 1 aromatic heterocycles. The van der Waals surface area contributed by atoms with E-state index in [1.54, 1.807) is 11.8 Å². The summed E-state index contributed by atoms with van der Waals surface area (Å²) in [6, 6.07) is 8.43. The number of hydrogen-bond donors (Lipinski definition) is 0. The third-order valence-electron chi connectivity index (χ3n) is 2.73. The zero-order chi connectivity index (χ0) is 13.1. The maximum absolute atomic E-state index is 4.52. The quantitative estimate of drug-likeness (QED) is 0.774. The van der Waals surface area contributed by atoms with Gasteiger partial charge < -0.3 is 0 Å².